The Morgan fingerprint density at radius 3 is 2.43 bits per heavy atom. The predicted molar refractivity (Wildman–Crippen MR) is 130 cm³/mol. The molecular formula is C26H34N2O7. The summed E-state index contributed by atoms with van der Waals surface area (Å²) in [5.41, 5.74) is 1.41. The quantitative estimate of drug-likeness (QED) is 0.226. The molecule has 1 aliphatic heterocycles. The predicted octanol–water partition coefficient (Wildman–Crippen LogP) is 4.95. The smallest absolute Gasteiger partial charge is 0.336 e. The average molecular weight is 487 g/mol. The molecule has 1 aromatic rings. The van der Waals surface area contributed by atoms with Crippen LogP contribution in [-0.4, -0.2) is 37.5 Å². The van der Waals surface area contributed by atoms with E-state index in [1.807, 2.05) is 13.8 Å². The first kappa shape index (κ1) is 26.2. The summed E-state index contributed by atoms with van der Waals surface area (Å²) in [5, 5.41) is 15.4. The van der Waals surface area contributed by atoms with Gasteiger partial charge in [-0.15, -0.1) is 0 Å². The second-order valence-corrected chi connectivity index (χ2v) is 9.80. The number of carbonyl (C=O) groups excluding carboxylic acids is 2. The summed E-state index contributed by atoms with van der Waals surface area (Å²) in [6.45, 7) is 8.02. The summed E-state index contributed by atoms with van der Waals surface area (Å²) in [4.78, 5) is 38.4. The third-order valence-corrected chi connectivity index (χ3v) is 6.48. The van der Waals surface area contributed by atoms with E-state index in [9.17, 15) is 19.7 Å². The Hall–Kier alpha value is -3.36. The molecule has 3 rings (SSSR count). The second kappa shape index (κ2) is 10.5. The molecule has 35 heavy (non-hydrogen) atoms. The normalized spacial score (nSPS) is 19.1. The van der Waals surface area contributed by atoms with Crippen LogP contribution < -0.4 is 14.8 Å². The summed E-state index contributed by atoms with van der Waals surface area (Å²) in [7, 11) is 2.82. The Kier molecular flexibility index (Phi) is 7.87. The zero-order chi connectivity index (χ0) is 25.9. The molecular weight excluding hydrogens is 452 g/mol. The van der Waals surface area contributed by atoms with Crippen LogP contribution in [0.25, 0.3) is 0 Å². The highest BCUT2D eigenvalue weighted by Crippen LogP contribution is 2.50. The van der Waals surface area contributed by atoms with Gasteiger partial charge in [-0.1, -0.05) is 33.6 Å². The zero-order valence-electron chi connectivity index (χ0n) is 21.3. The molecule has 0 saturated carbocycles. The number of unbranched alkanes of at least 4 members (excludes halogenated alkanes) is 2. The van der Waals surface area contributed by atoms with E-state index in [4.69, 9.17) is 14.2 Å². The molecule has 190 valence electrons. The van der Waals surface area contributed by atoms with E-state index in [0.717, 1.165) is 12.8 Å². The lowest BCUT2D eigenvalue weighted by molar-refractivity contribution is -0.385. The van der Waals surface area contributed by atoms with E-state index < -0.39 is 16.8 Å². The molecule has 2 aliphatic rings. The fourth-order valence-corrected chi connectivity index (χ4v) is 4.89. The van der Waals surface area contributed by atoms with Crippen molar-refractivity contribution in [2.45, 2.75) is 65.7 Å². The number of methoxy groups -OCH3 is 2. The molecule has 0 fully saturated rings. The highest BCUT2D eigenvalue weighted by molar-refractivity contribution is 6.04. The molecule has 1 aliphatic carbocycles. The summed E-state index contributed by atoms with van der Waals surface area (Å²) in [6.07, 6.45) is 3.44. The van der Waals surface area contributed by atoms with E-state index in [2.05, 4.69) is 12.2 Å². The molecule has 1 aromatic carbocycles. The Labute approximate surface area is 205 Å². The summed E-state index contributed by atoms with van der Waals surface area (Å²) >= 11 is 0. The SMILES string of the molecule is CCCCCOC(=O)C1=C(C)NC2=C(C(=O)CC(C)(C)C2)[C@H]1c1cc(OC)c(OC)cc1[N+](=O)[O-]. The Morgan fingerprint density at radius 2 is 1.83 bits per heavy atom. The van der Waals surface area contributed by atoms with Crippen LogP contribution >= 0.6 is 0 Å². The van der Waals surface area contributed by atoms with Crippen LogP contribution in [0.4, 0.5) is 5.69 Å². The van der Waals surface area contributed by atoms with Crippen molar-refractivity contribution in [3.8, 4) is 11.5 Å². The Morgan fingerprint density at radius 1 is 1.17 bits per heavy atom. The van der Waals surface area contributed by atoms with Gasteiger partial charge < -0.3 is 19.5 Å². The highest BCUT2D eigenvalue weighted by atomic mass is 16.6. The topological polar surface area (TPSA) is 117 Å². The summed E-state index contributed by atoms with van der Waals surface area (Å²) in [5.74, 6) is -1.25. The number of dihydropyridines is 1. The van der Waals surface area contributed by atoms with Crippen LogP contribution in [0.5, 0.6) is 11.5 Å². The molecule has 0 saturated heterocycles. The van der Waals surface area contributed by atoms with E-state index in [1.54, 1.807) is 6.92 Å². The highest BCUT2D eigenvalue weighted by Gasteiger charge is 2.45. The summed E-state index contributed by atoms with van der Waals surface area (Å²) in [6, 6.07) is 2.76. The van der Waals surface area contributed by atoms with Gasteiger partial charge in [-0.3, -0.25) is 14.9 Å². The molecule has 1 heterocycles. The molecule has 0 radical (unpaired) electrons. The number of nitro groups is 1. The number of nitrogens with zero attached hydrogens (tertiary/aromatic N) is 1. The van der Waals surface area contributed by atoms with E-state index >= 15 is 0 Å². The average Bonchev–Trinajstić information content (AvgIpc) is 2.78. The van der Waals surface area contributed by atoms with Gasteiger partial charge in [0, 0.05) is 29.0 Å². The van der Waals surface area contributed by atoms with Gasteiger partial charge >= 0.3 is 5.97 Å². The number of Topliss-reactive ketones (excluding diaryl/α,β-unsaturated/α-hetero) is 1. The molecule has 0 aromatic heterocycles. The van der Waals surface area contributed by atoms with Crippen molar-refractivity contribution >= 4 is 17.4 Å². The van der Waals surface area contributed by atoms with Gasteiger partial charge in [-0.05, 0) is 31.2 Å². The number of hydrogen-bond acceptors (Lipinski definition) is 8. The van der Waals surface area contributed by atoms with Gasteiger partial charge in [0.25, 0.3) is 5.69 Å². The van der Waals surface area contributed by atoms with Gasteiger partial charge in [0.1, 0.15) is 0 Å². The number of nitrogens with one attached hydrogen (secondary N) is 1. The van der Waals surface area contributed by atoms with Crippen LogP contribution in [0.1, 0.15) is 71.3 Å². The first-order chi connectivity index (χ1) is 16.5. The minimum atomic E-state index is -0.964. The maximum Gasteiger partial charge on any atom is 0.336 e. The maximum absolute atomic E-state index is 13.5. The van der Waals surface area contributed by atoms with Gasteiger partial charge in [-0.2, -0.15) is 0 Å². The Bertz CT molecular complexity index is 1100. The molecule has 0 amide bonds. The summed E-state index contributed by atoms with van der Waals surface area (Å²) < 4.78 is 16.3. The van der Waals surface area contributed by atoms with E-state index in [-0.39, 0.29) is 52.5 Å². The van der Waals surface area contributed by atoms with Crippen LogP contribution in [0.3, 0.4) is 0 Å². The molecule has 0 bridgehead atoms. The van der Waals surface area contributed by atoms with E-state index in [1.165, 1.54) is 26.4 Å². The molecule has 1 N–H and O–H groups in total. The van der Waals surface area contributed by atoms with Crippen LogP contribution in [-0.2, 0) is 14.3 Å². The van der Waals surface area contributed by atoms with Crippen molar-refractivity contribution in [3.63, 3.8) is 0 Å². The van der Waals surface area contributed by atoms with Gasteiger partial charge in [0.05, 0.1) is 43.3 Å². The maximum atomic E-state index is 13.5. The number of esters is 1. The van der Waals surface area contributed by atoms with Crippen molar-refractivity contribution in [1.29, 1.82) is 0 Å². The monoisotopic (exact) mass is 486 g/mol. The third kappa shape index (κ3) is 5.33. The van der Waals surface area contributed by atoms with Crippen molar-refractivity contribution in [2.24, 2.45) is 5.41 Å². The molecule has 0 unspecified atom stereocenters. The van der Waals surface area contributed by atoms with Crippen molar-refractivity contribution < 1.29 is 28.7 Å². The second-order valence-electron chi connectivity index (χ2n) is 9.80. The minimum Gasteiger partial charge on any atom is -0.493 e. The lowest BCUT2D eigenvalue weighted by atomic mass is 9.68. The fourth-order valence-electron chi connectivity index (χ4n) is 4.89. The van der Waals surface area contributed by atoms with Crippen LogP contribution in [0.2, 0.25) is 0 Å². The lowest BCUT2D eigenvalue weighted by Gasteiger charge is -2.39. The number of benzene rings is 1. The van der Waals surface area contributed by atoms with E-state index in [0.29, 0.717) is 29.8 Å². The number of allylic oxidation sites excluding steroid dienone is 3. The zero-order valence-corrected chi connectivity index (χ0v) is 21.3. The third-order valence-electron chi connectivity index (χ3n) is 6.48. The Balaban J connectivity index is 2.23. The fraction of sp³-hybridized carbons (Fsp3) is 0.538. The first-order valence-electron chi connectivity index (χ1n) is 11.9. The van der Waals surface area contributed by atoms with Gasteiger partial charge in [0.2, 0.25) is 0 Å². The van der Waals surface area contributed by atoms with Crippen LogP contribution in [0, 0.1) is 15.5 Å². The molecule has 9 heteroatoms. The standard InChI is InChI=1S/C26H34N2O7/c1-7-8-9-10-35-25(30)22-15(2)27-17-13-26(3,4)14-19(29)24(17)23(22)16-11-20(33-5)21(34-6)12-18(16)28(31)32/h11-12,23,27H,7-10,13-14H2,1-6H3/t23-/m0/s1. The molecule has 0 spiro atoms. The molecule has 1 atom stereocenters. The number of hydrogen-bond donors (Lipinski definition) is 1. The number of rotatable bonds is 9. The largest absolute Gasteiger partial charge is 0.493 e. The van der Waals surface area contributed by atoms with Crippen molar-refractivity contribution in [3.05, 3.63) is 50.4 Å². The van der Waals surface area contributed by atoms with Crippen molar-refractivity contribution in [1.82, 2.24) is 5.32 Å². The molecule has 9 nitrogen and oxygen atoms in total. The van der Waals surface area contributed by atoms with Crippen molar-refractivity contribution in [2.75, 3.05) is 20.8 Å². The number of ether oxygens (including phenoxy) is 3. The van der Waals surface area contributed by atoms with Gasteiger partial charge in [0.15, 0.2) is 17.3 Å². The number of ketones is 1. The van der Waals surface area contributed by atoms with Gasteiger partial charge in [-0.25, -0.2) is 4.79 Å². The lowest BCUT2D eigenvalue weighted by Crippen LogP contribution is -2.39. The first-order valence-corrected chi connectivity index (χ1v) is 11.9. The number of nitro benzene ring substituents is 1. The number of carbonyl (C=O) groups is 2. The minimum absolute atomic E-state index is 0.151. The van der Waals surface area contributed by atoms with Crippen LogP contribution in [0.15, 0.2) is 34.7 Å².